The zero-order valence-corrected chi connectivity index (χ0v) is 13.0. The highest BCUT2D eigenvalue weighted by Crippen LogP contribution is 2.37. The van der Waals surface area contributed by atoms with Gasteiger partial charge in [0.25, 0.3) is 0 Å². The van der Waals surface area contributed by atoms with Gasteiger partial charge in [-0.3, -0.25) is 4.98 Å². The Labute approximate surface area is 124 Å². The van der Waals surface area contributed by atoms with E-state index in [2.05, 4.69) is 20.9 Å². The fraction of sp³-hybridized carbons (Fsp3) is 0.308. The molecule has 0 aliphatic carbocycles. The van der Waals surface area contributed by atoms with Crippen LogP contribution in [0.2, 0.25) is 0 Å². The molecule has 6 heteroatoms. The number of rotatable bonds is 6. The molecule has 0 atom stereocenters. The lowest BCUT2D eigenvalue weighted by atomic mass is 10.1. The minimum absolute atomic E-state index is 0.482. The highest BCUT2D eigenvalue weighted by Gasteiger charge is 2.12. The van der Waals surface area contributed by atoms with Crippen LogP contribution in [0.1, 0.15) is 10.4 Å². The first-order valence-corrected chi connectivity index (χ1v) is 7.48. The van der Waals surface area contributed by atoms with Gasteiger partial charge in [-0.25, -0.2) is 0 Å². The summed E-state index contributed by atoms with van der Waals surface area (Å²) in [5.41, 5.74) is 8.48. The van der Waals surface area contributed by atoms with Gasteiger partial charge in [-0.15, -0.1) is 11.3 Å². The van der Waals surface area contributed by atoms with E-state index in [1.54, 1.807) is 30.2 Å². The number of halogens is 1. The SMILES string of the molecule is COc1cc(CCN)cc(Br)c1OCc1cncs1. The van der Waals surface area contributed by atoms with Crippen molar-refractivity contribution in [1.82, 2.24) is 4.98 Å². The maximum absolute atomic E-state index is 5.80. The van der Waals surface area contributed by atoms with E-state index in [0.717, 1.165) is 21.3 Å². The van der Waals surface area contributed by atoms with Gasteiger partial charge in [-0.05, 0) is 46.6 Å². The van der Waals surface area contributed by atoms with Gasteiger partial charge in [-0.2, -0.15) is 0 Å². The van der Waals surface area contributed by atoms with E-state index in [4.69, 9.17) is 15.2 Å². The highest BCUT2D eigenvalue weighted by atomic mass is 79.9. The molecule has 0 aliphatic rings. The van der Waals surface area contributed by atoms with Gasteiger partial charge >= 0.3 is 0 Å². The summed E-state index contributed by atoms with van der Waals surface area (Å²) in [6.07, 6.45) is 2.61. The maximum atomic E-state index is 5.80. The summed E-state index contributed by atoms with van der Waals surface area (Å²) >= 11 is 5.08. The van der Waals surface area contributed by atoms with Crippen molar-refractivity contribution in [2.24, 2.45) is 5.73 Å². The summed E-state index contributed by atoms with van der Waals surface area (Å²) in [4.78, 5) is 5.09. The molecule has 0 unspecified atom stereocenters. The monoisotopic (exact) mass is 342 g/mol. The van der Waals surface area contributed by atoms with Crippen molar-refractivity contribution in [2.75, 3.05) is 13.7 Å². The van der Waals surface area contributed by atoms with E-state index >= 15 is 0 Å². The second kappa shape index (κ2) is 6.88. The van der Waals surface area contributed by atoms with Crippen molar-refractivity contribution in [3.8, 4) is 11.5 Å². The van der Waals surface area contributed by atoms with Crippen LogP contribution in [-0.2, 0) is 13.0 Å². The van der Waals surface area contributed by atoms with Crippen LogP contribution in [0.3, 0.4) is 0 Å². The van der Waals surface area contributed by atoms with Crippen molar-refractivity contribution in [1.29, 1.82) is 0 Å². The summed E-state index contributed by atoms with van der Waals surface area (Å²) in [7, 11) is 1.63. The average molecular weight is 343 g/mol. The molecule has 2 aromatic rings. The van der Waals surface area contributed by atoms with Gasteiger partial charge in [0.15, 0.2) is 11.5 Å². The first kappa shape index (κ1) is 14.3. The number of thiazole rings is 1. The quantitative estimate of drug-likeness (QED) is 0.876. The first-order valence-electron chi connectivity index (χ1n) is 5.81. The second-order valence-corrected chi connectivity index (χ2v) is 5.73. The normalized spacial score (nSPS) is 10.5. The Bertz CT molecular complexity index is 532. The van der Waals surface area contributed by atoms with E-state index in [-0.39, 0.29) is 0 Å². The van der Waals surface area contributed by atoms with Crippen LogP contribution in [0.15, 0.2) is 28.3 Å². The van der Waals surface area contributed by atoms with Gasteiger partial charge in [0, 0.05) is 6.20 Å². The third-order valence-electron chi connectivity index (χ3n) is 2.56. The van der Waals surface area contributed by atoms with Crippen molar-refractivity contribution in [3.63, 3.8) is 0 Å². The summed E-state index contributed by atoms with van der Waals surface area (Å²) in [5, 5.41) is 0. The molecule has 0 fully saturated rings. The summed E-state index contributed by atoms with van der Waals surface area (Å²) in [6, 6.07) is 3.97. The van der Waals surface area contributed by atoms with Crippen LogP contribution in [0.5, 0.6) is 11.5 Å². The van der Waals surface area contributed by atoms with E-state index < -0.39 is 0 Å². The standard InChI is InChI=1S/C13H15BrN2O2S/c1-17-12-5-9(2-3-15)4-11(14)13(12)18-7-10-6-16-8-19-10/h4-6,8H,2-3,7,15H2,1H3. The van der Waals surface area contributed by atoms with Crippen LogP contribution < -0.4 is 15.2 Å². The molecule has 19 heavy (non-hydrogen) atoms. The highest BCUT2D eigenvalue weighted by molar-refractivity contribution is 9.10. The largest absolute Gasteiger partial charge is 0.493 e. The van der Waals surface area contributed by atoms with Crippen LogP contribution in [0.4, 0.5) is 0 Å². The predicted octanol–water partition coefficient (Wildman–Crippen LogP) is 2.99. The molecule has 0 saturated heterocycles. The van der Waals surface area contributed by atoms with Crippen LogP contribution in [-0.4, -0.2) is 18.6 Å². The van der Waals surface area contributed by atoms with Gasteiger partial charge < -0.3 is 15.2 Å². The molecule has 0 spiro atoms. The molecule has 4 nitrogen and oxygen atoms in total. The van der Waals surface area contributed by atoms with Gasteiger partial charge in [0.2, 0.25) is 0 Å². The predicted molar refractivity (Wildman–Crippen MR) is 79.9 cm³/mol. The molecule has 1 aromatic carbocycles. The Kier molecular flexibility index (Phi) is 5.18. The molecule has 0 aliphatic heterocycles. The molecule has 0 bridgehead atoms. The van der Waals surface area contributed by atoms with Crippen LogP contribution in [0, 0.1) is 0 Å². The van der Waals surface area contributed by atoms with E-state index in [1.807, 2.05) is 12.1 Å². The van der Waals surface area contributed by atoms with Crippen molar-refractivity contribution in [2.45, 2.75) is 13.0 Å². The molecule has 1 heterocycles. The van der Waals surface area contributed by atoms with E-state index in [0.29, 0.717) is 24.7 Å². The van der Waals surface area contributed by atoms with Gasteiger partial charge in [-0.1, -0.05) is 0 Å². The fourth-order valence-electron chi connectivity index (χ4n) is 1.68. The lowest BCUT2D eigenvalue weighted by Crippen LogP contribution is -2.04. The lowest BCUT2D eigenvalue weighted by molar-refractivity contribution is 0.285. The average Bonchev–Trinajstić information content (AvgIpc) is 2.90. The lowest BCUT2D eigenvalue weighted by Gasteiger charge is -2.13. The van der Waals surface area contributed by atoms with Crippen molar-refractivity contribution in [3.05, 3.63) is 38.8 Å². The first-order chi connectivity index (χ1) is 9.24. The molecule has 1 aromatic heterocycles. The molecule has 0 amide bonds. The molecule has 0 radical (unpaired) electrons. The third-order valence-corrected chi connectivity index (χ3v) is 3.91. The number of hydrogen-bond donors (Lipinski definition) is 1. The molecule has 102 valence electrons. The number of ether oxygens (including phenoxy) is 2. The Hall–Kier alpha value is -1.11. The summed E-state index contributed by atoms with van der Waals surface area (Å²) in [6.45, 7) is 1.09. The molecule has 2 N–H and O–H groups in total. The van der Waals surface area contributed by atoms with Gasteiger partial charge in [0.05, 0.1) is 22.0 Å². The topological polar surface area (TPSA) is 57.4 Å². The Balaban J connectivity index is 2.18. The Morgan fingerprint density at radius 3 is 2.89 bits per heavy atom. The van der Waals surface area contributed by atoms with Crippen molar-refractivity contribution < 1.29 is 9.47 Å². The minimum Gasteiger partial charge on any atom is -0.493 e. The smallest absolute Gasteiger partial charge is 0.175 e. The van der Waals surface area contributed by atoms with Crippen LogP contribution in [0.25, 0.3) is 0 Å². The van der Waals surface area contributed by atoms with Crippen molar-refractivity contribution >= 4 is 27.3 Å². The Morgan fingerprint density at radius 1 is 1.42 bits per heavy atom. The second-order valence-electron chi connectivity index (χ2n) is 3.90. The van der Waals surface area contributed by atoms with Crippen LogP contribution >= 0.6 is 27.3 Å². The number of benzene rings is 1. The minimum atomic E-state index is 0.482. The zero-order valence-electron chi connectivity index (χ0n) is 10.6. The zero-order chi connectivity index (χ0) is 13.7. The van der Waals surface area contributed by atoms with E-state index in [1.165, 1.54) is 0 Å². The Morgan fingerprint density at radius 2 is 2.26 bits per heavy atom. The number of nitrogens with zero attached hydrogens (tertiary/aromatic N) is 1. The molecule has 0 saturated carbocycles. The summed E-state index contributed by atoms with van der Waals surface area (Å²) in [5.74, 6) is 1.42. The number of aromatic nitrogens is 1. The van der Waals surface area contributed by atoms with E-state index in [9.17, 15) is 0 Å². The molecule has 2 rings (SSSR count). The summed E-state index contributed by atoms with van der Waals surface area (Å²) < 4.78 is 12.1. The fourth-order valence-corrected chi connectivity index (χ4v) is 2.79. The number of nitrogens with two attached hydrogens (primary N) is 1. The molecular weight excluding hydrogens is 328 g/mol. The maximum Gasteiger partial charge on any atom is 0.175 e. The third kappa shape index (κ3) is 3.68. The van der Waals surface area contributed by atoms with Gasteiger partial charge in [0.1, 0.15) is 6.61 Å². The number of methoxy groups -OCH3 is 1. The number of hydrogen-bond acceptors (Lipinski definition) is 5. The molecular formula is C13H15BrN2O2S.